The molecule has 1 N–H and O–H groups in total. The maximum absolute atomic E-state index is 12.0. The van der Waals surface area contributed by atoms with Gasteiger partial charge >= 0.3 is 5.97 Å². The minimum atomic E-state index is -0.477. The molecule has 0 amide bonds. The van der Waals surface area contributed by atoms with E-state index in [2.05, 4.69) is 14.7 Å². The first-order valence-electron chi connectivity index (χ1n) is 6.46. The van der Waals surface area contributed by atoms with Crippen molar-refractivity contribution in [2.75, 3.05) is 12.9 Å². The number of esters is 1. The van der Waals surface area contributed by atoms with Gasteiger partial charge in [0.2, 0.25) is 0 Å². The number of carbonyl (C=O) groups is 2. The Kier molecular flexibility index (Phi) is 5.48. The van der Waals surface area contributed by atoms with Crippen LogP contribution in [0.25, 0.3) is 0 Å². The highest BCUT2D eigenvalue weighted by molar-refractivity contribution is 7.99. The van der Waals surface area contributed by atoms with Crippen molar-refractivity contribution >= 4 is 23.5 Å². The van der Waals surface area contributed by atoms with Crippen molar-refractivity contribution in [1.29, 1.82) is 0 Å². The van der Waals surface area contributed by atoms with Gasteiger partial charge in [-0.3, -0.25) is 14.4 Å². The van der Waals surface area contributed by atoms with E-state index in [-0.39, 0.29) is 23.5 Å². The second-order valence-corrected chi connectivity index (χ2v) is 5.34. The molecule has 0 saturated heterocycles. The third-order valence-corrected chi connectivity index (χ3v) is 3.64. The van der Waals surface area contributed by atoms with E-state index in [0.717, 1.165) is 11.8 Å². The normalized spacial score (nSPS) is 10.2. The zero-order chi connectivity index (χ0) is 15.9. The molecule has 0 bridgehead atoms. The van der Waals surface area contributed by atoms with E-state index in [4.69, 9.17) is 0 Å². The van der Waals surface area contributed by atoms with Gasteiger partial charge in [-0.2, -0.15) is 0 Å². The van der Waals surface area contributed by atoms with Crippen LogP contribution in [0.4, 0.5) is 0 Å². The van der Waals surface area contributed by atoms with Crippen LogP contribution >= 0.6 is 11.8 Å². The number of aromatic nitrogens is 2. The Hall–Kier alpha value is -2.41. The minimum Gasteiger partial charge on any atom is -0.469 e. The molecular formula is C15H14N2O4S. The van der Waals surface area contributed by atoms with Gasteiger partial charge in [0, 0.05) is 11.6 Å². The number of H-pyrrole nitrogens is 1. The fourth-order valence-corrected chi connectivity index (χ4v) is 2.49. The molecule has 1 aromatic carbocycles. The molecule has 1 heterocycles. The van der Waals surface area contributed by atoms with E-state index in [1.54, 1.807) is 24.3 Å². The fourth-order valence-electron chi connectivity index (χ4n) is 1.70. The summed E-state index contributed by atoms with van der Waals surface area (Å²) in [5, 5.41) is 0.302. The number of hydrogen-bond donors (Lipinski definition) is 1. The summed E-state index contributed by atoms with van der Waals surface area (Å²) in [7, 11) is 1.27. The third kappa shape index (κ3) is 4.56. The van der Waals surface area contributed by atoms with E-state index in [1.165, 1.54) is 13.2 Å². The molecule has 114 valence electrons. The van der Waals surface area contributed by atoms with Crippen LogP contribution in [-0.2, 0) is 16.0 Å². The van der Waals surface area contributed by atoms with Gasteiger partial charge in [-0.25, -0.2) is 4.98 Å². The Morgan fingerprint density at radius 3 is 2.68 bits per heavy atom. The van der Waals surface area contributed by atoms with E-state index in [9.17, 15) is 14.4 Å². The summed E-state index contributed by atoms with van der Waals surface area (Å²) in [4.78, 5) is 41.4. The number of aromatic amines is 1. The highest BCUT2D eigenvalue weighted by atomic mass is 32.2. The summed E-state index contributed by atoms with van der Waals surface area (Å²) in [6.07, 6.45) is -0.0827. The van der Waals surface area contributed by atoms with Gasteiger partial charge in [-0.05, 0) is 0 Å². The number of nitrogens with zero attached hydrogens (tertiary/aromatic N) is 1. The molecule has 2 rings (SSSR count). The molecule has 2 aromatic rings. The van der Waals surface area contributed by atoms with Crippen LogP contribution in [-0.4, -0.2) is 34.6 Å². The van der Waals surface area contributed by atoms with Crippen LogP contribution in [0.15, 0.2) is 46.3 Å². The third-order valence-electron chi connectivity index (χ3n) is 2.76. The van der Waals surface area contributed by atoms with Gasteiger partial charge in [0.25, 0.3) is 5.56 Å². The summed E-state index contributed by atoms with van der Waals surface area (Å²) < 4.78 is 4.54. The molecule has 22 heavy (non-hydrogen) atoms. The summed E-state index contributed by atoms with van der Waals surface area (Å²) in [5.41, 5.74) is 0.539. The van der Waals surface area contributed by atoms with Gasteiger partial charge in [0.05, 0.1) is 25.0 Å². The molecule has 0 saturated carbocycles. The van der Waals surface area contributed by atoms with Crippen LogP contribution in [0.2, 0.25) is 0 Å². The van der Waals surface area contributed by atoms with E-state index in [0.29, 0.717) is 16.4 Å². The average Bonchev–Trinajstić information content (AvgIpc) is 2.52. The smallest absolute Gasteiger partial charge is 0.311 e. The number of hydrogen-bond acceptors (Lipinski definition) is 6. The van der Waals surface area contributed by atoms with Crippen molar-refractivity contribution in [3.8, 4) is 0 Å². The predicted octanol–water partition coefficient (Wildman–Crippen LogP) is 1.46. The first-order valence-corrected chi connectivity index (χ1v) is 7.45. The van der Waals surface area contributed by atoms with E-state index < -0.39 is 5.97 Å². The summed E-state index contributed by atoms with van der Waals surface area (Å²) in [5.74, 6) is -0.393. The lowest BCUT2D eigenvalue weighted by Gasteiger charge is -2.03. The molecular weight excluding hydrogens is 304 g/mol. The van der Waals surface area contributed by atoms with Crippen LogP contribution in [0, 0.1) is 0 Å². The molecule has 0 atom stereocenters. The van der Waals surface area contributed by atoms with Crippen molar-refractivity contribution in [1.82, 2.24) is 9.97 Å². The fraction of sp³-hybridized carbons (Fsp3) is 0.200. The topological polar surface area (TPSA) is 89.1 Å². The Morgan fingerprint density at radius 2 is 2.00 bits per heavy atom. The number of carbonyl (C=O) groups excluding carboxylic acids is 2. The molecule has 0 spiro atoms. The van der Waals surface area contributed by atoms with Crippen molar-refractivity contribution < 1.29 is 14.3 Å². The Balaban J connectivity index is 2.05. The summed E-state index contributed by atoms with van der Waals surface area (Å²) >= 11 is 1.12. The van der Waals surface area contributed by atoms with Gasteiger partial charge in [-0.1, -0.05) is 42.1 Å². The van der Waals surface area contributed by atoms with Gasteiger partial charge in [0.15, 0.2) is 10.9 Å². The number of ether oxygens (including phenoxy) is 1. The SMILES string of the molecule is COC(=O)Cc1cc(=O)[nH]c(SCC(=O)c2ccccc2)n1. The molecule has 7 heteroatoms. The van der Waals surface area contributed by atoms with Crippen LogP contribution < -0.4 is 5.56 Å². The maximum atomic E-state index is 12.0. The molecule has 0 aliphatic carbocycles. The number of nitrogens with one attached hydrogen (secondary N) is 1. The predicted molar refractivity (Wildman–Crippen MR) is 82.1 cm³/mol. The lowest BCUT2D eigenvalue weighted by molar-refractivity contribution is -0.139. The highest BCUT2D eigenvalue weighted by Gasteiger charge is 2.10. The van der Waals surface area contributed by atoms with Crippen molar-refractivity contribution in [2.45, 2.75) is 11.6 Å². The van der Waals surface area contributed by atoms with Gasteiger partial charge in [-0.15, -0.1) is 0 Å². The Labute approximate surface area is 130 Å². The highest BCUT2D eigenvalue weighted by Crippen LogP contribution is 2.14. The van der Waals surface area contributed by atoms with Crippen LogP contribution in [0.5, 0.6) is 0 Å². The number of ketones is 1. The average molecular weight is 318 g/mol. The molecule has 0 fully saturated rings. The number of methoxy groups -OCH3 is 1. The number of benzene rings is 1. The van der Waals surface area contributed by atoms with E-state index >= 15 is 0 Å². The van der Waals surface area contributed by atoms with Crippen LogP contribution in [0.3, 0.4) is 0 Å². The second kappa shape index (κ2) is 7.56. The van der Waals surface area contributed by atoms with Crippen LogP contribution in [0.1, 0.15) is 16.1 Å². The molecule has 0 aliphatic heterocycles. The van der Waals surface area contributed by atoms with E-state index in [1.807, 2.05) is 6.07 Å². The lowest BCUT2D eigenvalue weighted by Crippen LogP contribution is -2.14. The van der Waals surface area contributed by atoms with Gasteiger partial charge < -0.3 is 9.72 Å². The summed E-state index contributed by atoms with van der Waals surface area (Å²) in [6, 6.07) is 10.1. The molecule has 0 aliphatic rings. The molecule has 1 aromatic heterocycles. The second-order valence-electron chi connectivity index (χ2n) is 4.37. The monoisotopic (exact) mass is 318 g/mol. The Bertz CT molecular complexity index is 728. The number of Topliss-reactive ketones (excluding diaryl/α,β-unsaturated/α-hetero) is 1. The van der Waals surface area contributed by atoms with Crippen molar-refractivity contribution in [3.05, 3.63) is 58.0 Å². The number of thioether (sulfide) groups is 1. The molecule has 6 nitrogen and oxygen atoms in total. The largest absolute Gasteiger partial charge is 0.469 e. The maximum Gasteiger partial charge on any atom is 0.311 e. The first-order chi connectivity index (χ1) is 10.6. The first kappa shape index (κ1) is 16.0. The quantitative estimate of drug-likeness (QED) is 0.375. The summed E-state index contributed by atoms with van der Waals surface area (Å²) in [6.45, 7) is 0. The van der Waals surface area contributed by atoms with Gasteiger partial charge in [0.1, 0.15) is 0 Å². The number of rotatable bonds is 6. The molecule has 0 radical (unpaired) electrons. The zero-order valence-corrected chi connectivity index (χ0v) is 12.7. The van der Waals surface area contributed by atoms with Crippen molar-refractivity contribution in [2.24, 2.45) is 0 Å². The zero-order valence-electron chi connectivity index (χ0n) is 11.9. The standard InChI is InChI=1S/C15H14N2O4S/c1-21-14(20)8-11-7-13(19)17-15(16-11)22-9-12(18)10-5-3-2-4-6-10/h2-7H,8-9H2,1H3,(H,16,17,19). The Morgan fingerprint density at radius 1 is 1.27 bits per heavy atom. The lowest BCUT2D eigenvalue weighted by atomic mass is 10.2. The minimum absolute atomic E-state index is 0.0633. The van der Waals surface area contributed by atoms with Crippen molar-refractivity contribution in [3.63, 3.8) is 0 Å². The molecule has 0 unspecified atom stereocenters.